The first-order valence-corrected chi connectivity index (χ1v) is 6.16. The fourth-order valence-corrected chi connectivity index (χ4v) is 2.16. The summed E-state index contributed by atoms with van der Waals surface area (Å²) in [6.07, 6.45) is 1.16. The Bertz CT molecular complexity index is 411. The Morgan fingerprint density at radius 3 is 2.38 bits per heavy atom. The van der Waals surface area contributed by atoms with E-state index in [2.05, 4.69) is 15.9 Å². The second kappa shape index (κ2) is 3.67. The third-order valence-electron chi connectivity index (χ3n) is 1.51. The fraction of sp³-hybridized carbons (Fsp3) is 0.250. The quantitative estimate of drug-likeness (QED) is 0.819. The lowest BCUT2D eigenvalue weighted by Crippen LogP contribution is -1.97. The zero-order valence-corrected chi connectivity index (χ0v) is 9.65. The van der Waals surface area contributed by atoms with Crippen molar-refractivity contribution in [3.8, 4) is 5.75 Å². The average molecular weight is 265 g/mol. The maximum absolute atomic E-state index is 11.2. The van der Waals surface area contributed by atoms with Gasteiger partial charge in [-0.05, 0) is 18.2 Å². The normalized spacial score (nSPS) is 11.3. The molecule has 0 heterocycles. The minimum atomic E-state index is -3.17. The Labute approximate surface area is 85.8 Å². The topological polar surface area (TPSA) is 43.4 Å². The van der Waals surface area contributed by atoms with Gasteiger partial charge in [0.2, 0.25) is 0 Å². The zero-order chi connectivity index (χ0) is 10.1. The molecule has 0 aliphatic carbocycles. The number of halogens is 1. The minimum absolute atomic E-state index is 0.249. The van der Waals surface area contributed by atoms with Crippen LogP contribution in [-0.2, 0) is 9.84 Å². The standard InChI is InChI=1S/C8H9BrO3S/c1-12-7-3-6(9)4-8(5-7)13(2,10)11/h3-5H,1-2H3. The van der Waals surface area contributed by atoms with Gasteiger partial charge in [0.15, 0.2) is 9.84 Å². The highest BCUT2D eigenvalue weighted by atomic mass is 79.9. The monoisotopic (exact) mass is 264 g/mol. The van der Waals surface area contributed by atoms with Crippen molar-refractivity contribution in [2.45, 2.75) is 4.90 Å². The summed E-state index contributed by atoms with van der Waals surface area (Å²) in [5, 5.41) is 0. The molecule has 13 heavy (non-hydrogen) atoms. The smallest absolute Gasteiger partial charge is 0.175 e. The van der Waals surface area contributed by atoms with Crippen molar-refractivity contribution < 1.29 is 13.2 Å². The van der Waals surface area contributed by atoms with Crippen LogP contribution in [0.2, 0.25) is 0 Å². The van der Waals surface area contributed by atoms with Gasteiger partial charge in [-0.25, -0.2) is 8.42 Å². The summed E-state index contributed by atoms with van der Waals surface area (Å²) in [4.78, 5) is 0.249. The largest absolute Gasteiger partial charge is 0.497 e. The van der Waals surface area contributed by atoms with Gasteiger partial charge in [-0.1, -0.05) is 15.9 Å². The van der Waals surface area contributed by atoms with E-state index in [-0.39, 0.29) is 4.90 Å². The summed E-state index contributed by atoms with van der Waals surface area (Å²) in [6.45, 7) is 0. The summed E-state index contributed by atoms with van der Waals surface area (Å²) in [5.74, 6) is 0.523. The second-order valence-corrected chi connectivity index (χ2v) is 5.53. The summed E-state index contributed by atoms with van der Waals surface area (Å²) in [6, 6.07) is 4.73. The maximum atomic E-state index is 11.2. The molecule has 5 heteroatoms. The molecular formula is C8H9BrO3S. The molecule has 0 N–H and O–H groups in total. The first-order chi connectivity index (χ1) is 5.93. The van der Waals surface area contributed by atoms with E-state index in [1.165, 1.54) is 19.2 Å². The van der Waals surface area contributed by atoms with E-state index in [0.717, 1.165) is 6.26 Å². The van der Waals surface area contributed by atoms with Gasteiger partial charge in [0.1, 0.15) is 5.75 Å². The molecule has 1 rings (SSSR count). The summed E-state index contributed by atoms with van der Waals surface area (Å²) in [7, 11) is -1.67. The molecule has 0 saturated heterocycles. The SMILES string of the molecule is COc1cc(Br)cc(S(C)(=O)=O)c1. The molecule has 0 aromatic heterocycles. The van der Waals surface area contributed by atoms with Gasteiger partial charge in [-0.15, -0.1) is 0 Å². The highest BCUT2D eigenvalue weighted by Crippen LogP contribution is 2.23. The van der Waals surface area contributed by atoms with E-state index < -0.39 is 9.84 Å². The Balaban J connectivity index is 3.33. The van der Waals surface area contributed by atoms with Crippen LogP contribution in [0, 0.1) is 0 Å². The molecule has 0 aliphatic heterocycles. The van der Waals surface area contributed by atoms with Crippen molar-refractivity contribution in [3.63, 3.8) is 0 Å². The minimum Gasteiger partial charge on any atom is -0.497 e. The van der Waals surface area contributed by atoms with Gasteiger partial charge in [0.25, 0.3) is 0 Å². The number of hydrogen-bond donors (Lipinski definition) is 0. The van der Waals surface area contributed by atoms with Crippen molar-refractivity contribution in [1.29, 1.82) is 0 Å². The Morgan fingerprint density at radius 1 is 1.31 bits per heavy atom. The zero-order valence-electron chi connectivity index (χ0n) is 7.24. The van der Waals surface area contributed by atoms with Crippen LogP contribution in [0.3, 0.4) is 0 Å². The van der Waals surface area contributed by atoms with Crippen LogP contribution in [-0.4, -0.2) is 21.8 Å². The van der Waals surface area contributed by atoms with Crippen LogP contribution in [0.1, 0.15) is 0 Å². The van der Waals surface area contributed by atoms with Gasteiger partial charge < -0.3 is 4.74 Å². The van der Waals surface area contributed by atoms with Crippen LogP contribution < -0.4 is 4.74 Å². The predicted octanol–water partition coefficient (Wildman–Crippen LogP) is 1.86. The van der Waals surface area contributed by atoms with Crippen molar-refractivity contribution >= 4 is 25.8 Å². The number of rotatable bonds is 2. The van der Waals surface area contributed by atoms with E-state index >= 15 is 0 Å². The lowest BCUT2D eigenvalue weighted by Gasteiger charge is -2.03. The Morgan fingerprint density at radius 2 is 1.92 bits per heavy atom. The van der Waals surface area contributed by atoms with Crippen LogP contribution in [0.4, 0.5) is 0 Å². The molecule has 72 valence electrons. The first kappa shape index (κ1) is 10.5. The molecule has 0 atom stereocenters. The molecule has 3 nitrogen and oxygen atoms in total. The van der Waals surface area contributed by atoms with E-state index in [4.69, 9.17) is 4.74 Å². The van der Waals surface area contributed by atoms with E-state index in [9.17, 15) is 8.42 Å². The number of benzene rings is 1. The lowest BCUT2D eigenvalue weighted by molar-refractivity contribution is 0.413. The summed E-state index contributed by atoms with van der Waals surface area (Å²) >= 11 is 3.20. The molecule has 0 spiro atoms. The van der Waals surface area contributed by atoms with Gasteiger partial charge in [-0.2, -0.15) is 0 Å². The van der Waals surface area contributed by atoms with Crippen molar-refractivity contribution in [1.82, 2.24) is 0 Å². The van der Waals surface area contributed by atoms with Gasteiger partial charge >= 0.3 is 0 Å². The highest BCUT2D eigenvalue weighted by molar-refractivity contribution is 9.10. The Kier molecular flexibility index (Phi) is 2.98. The Hall–Kier alpha value is -0.550. The van der Waals surface area contributed by atoms with Crippen molar-refractivity contribution in [2.75, 3.05) is 13.4 Å². The maximum Gasteiger partial charge on any atom is 0.175 e. The third-order valence-corrected chi connectivity index (χ3v) is 3.06. The van der Waals surface area contributed by atoms with Crippen LogP contribution >= 0.6 is 15.9 Å². The predicted molar refractivity (Wildman–Crippen MR) is 53.8 cm³/mol. The molecule has 0 amide bonds. The third kappa shape index (κ3) is 2.70. The van der Waals surface area contributed by atoms with Gasteiger partial charge in [0, 0.05) is 10.7 Å². The second-order valence-electron chi connectivity index (χ2n) is 2.60. The van der Waals surface area contributed by atoms with Gasteiger partial charge in [0.05, 0.1) is 12.0 Å². The average Bonchev–Trinajstić information content (AvgIpc) is 2.01. The summed E-state index contributed by atoms with van der Waals surface area (Å²) < 4.78 is 28.0. The molecule has 0 radical (unpaired) electrons. The highest BCUT2D eigenvalue weighted by Gasteiger charge is 2.09. The molecular weight excluding hydrogens is 256 g/mol. The number of sulfone groups is 1. The van der Waals surface area contributed by atoms with E-state index in [1.54, 1.807) is 6.07 Å². The van der Waals surface area contributed by atoms with Crippen molar-refractivity contribution in [3.05, 3.63) is 22.7 Å². The molecule has 1 aromatic carbocycles. The first-order valence-electron chi connectivity index (χ1n) is 3.48. The molecule has 0 unspecified atom stereocenters. The van der Waals surface area contributed by atoms with E-state index in [0.29, 0.717) is 10.2 Å². The van der Waals surface area contributed by atoms with E-state index in [1.807, 2.05) is 0 Å². The van der Waals surface area contributed by atoms with Crippen LogP contribution in [0.25, 0.3) is 0 Å². The molecule has 0 fully saturated rings. The molecule has 0 saturated carbocycles. The fourth-order valence-electron chi connectivity index (χ4n) is 0.869. The molecule has 0 aliphatic rings. The number of ether oxygens (including phenoxy) is 1. The molecule has 0 bridgehead atoms. The van der Waals surface area contributed by atoms with Crippen LogP contribution in [0.5, 0.6) is 5.75 Å². The number of methoxy groups -OCH3 is 1. The summed E-state index contributed by atoms with van der Waals surface area (Å²) in [5.41, 5.74) is 0. The lowest BCUT2D eigenvalue weighted by atomic mass is 10.3. The van der Waals surface area contributed by atoms with Gasteiger partial charge in [-0.3, -0.25) is 0 Å². The van der Waals surface area contributed by atoms with Crippen molar-refractivity contribution in [2.24, 2.45) is 0 Å². The van der Waals surface area contributed by atoms with Crippen LogP contribution in [0.15, 0.2) is 27.6 Å². The number of hydrogen-bond acceptors (Lipinski definition) is 3. The molecule has 1 aromatic rings.